The van der Waals surface area contributed by atoms with Crippen LogP contribution in [0.4, 0.5) is 5.69 Å². The molecular formula is C26H31N5O5. The zero-order valence-corrected chi connectivity index (χ0v) is 20.6. The molecule has 2 atom stereocenters. The molecule has 3 aromatic rings. The molecule has 36 heavy (non-hydrogen) atoms. The normalized spacial score (nSPS) is 16.0. The largest absolute Gasteiger partial charge is 0.465 e. The molecule has 2 aromatic carbocycles. The van der Waals surface area contributed by atoms with Gasteiger partial charge in [0.25, 0.3) is 0 Å². The van der Waals surface area contributed by atoms with Gasteiger partial charge in [-0.05, 0) is 55.7 Å². The van der Waals surface area contributed by atoms with Crippen LogP contribution in [0.5, 0.6) is 0 Å². The molecule has 1 aliphatic rings. The monoisotopic (exact) mass is 493 g/mol. The predicted octanol–water partition coefficient (Wildman–Crippen LogP) is 2.72. The smallest absolute Gasteiger partial charge is 0.337 e. The van der Waals surface area contributed by atoms with Gasteiger partial charge >= 0.3 is 5.97 Å². The van der Waals surface area contributed by atoms with Gasteiger partial charge < -0.3 is 14.8 Å². The number of ether oxygens (including phenoxy) is 2. The highest BCUT2D eigenvalue weighted by molar-refractivity contribution is 6.01. The molecular weight excluding hydrogens is 462 g/mol. The van der Waals surface area contributed by atoms with Crippen LogP contribution >= 0.6 is 0 Å². The van der Waals surface area contributed by atoms with Gasteiger partial charge in [-0.1, -0.05) is 30.7 Å². The van der Waals surface area contributed by atoms with Crippen LogP contribution in [-0.2, 0) is 25.6 Å². The molecule has 2 heterocycles. The van der Waals surface area contributed by atoms with Crippen LogP contribution in [0.2, 0.25) is 0 Å². The maximum Gasteiger partial charge on any atom is 0.337 e. The minimum Gasteiger partial charge on any atom is -0.465 e. The Labute approximate surface area is 209 Å². The van der Waals surface area contributed by atoms with Crippen molar-refractivity contribution in [2.75, 3.05) is 25.2 Å². The Morgan fingerprint density at radius 2 is 1.97 bits per heavy atom. The Balaban J connectivity index is 1.63. The summed E-state index contributed by atoms with van der Waals surface area (Å²) in [6.07, 6.45) is 3.01. The van der Waals surface area contributed by atoms with E-state index < -0.39 is 12.0 Å². The molecule has 1 aliphatic heterocycles. The minimum atomic E-state index is -0.748. The maximum absolute atomic E-state index is 13.8. The van der Waals surface area contributed by atoms with Gasteiger partial charge in [-0.25, -0.2) is 9.48 Å². The second kappa shape index (κ2) is 11.8. The Morgan fingerprint density at radius 1 is 1.19 bits per heavy atom. The number of fused-ring (bicyclic) bond motifs is 1. The summed E-state index contributed by atoms with van der Waals surface area (Å²) in [4.78, 5) is 40.5. The lowest BCUT2D eigenvalue weighted by atomic mass is 10.1. The molecule has 1 N–H and O–H groups in total. The number of aromatic nitrogens is 3. The molecule has 4 rings (SSSR count). The van der Waals surface area contributed by atoms with Crippen molar-refractivity contribution in [2.45, 2.75) is 51.3 Å². The van der Waals surface area contributed by atoms with E-state index in [9.17, 15) is 14.4 Å². The van der Waals surface area contributed by atoms with Gasteiger partial charge in [-0.15, -0.1) is 5.10 Å². The number of esters is 1. The molecule has 0 radical (unpaired) electrons. The van der Waals surface area contributed by atoms with E-state index in [-0.39, 0.29) is 24.5 Å². The van der Waals surface area contributed by atoms with Crippen LogP contribution in [-0.4, -0.2) is 65.2 Å². The Morgan fingerprint density at radius 3 is 2.67 bits per heavy atom. The van der Waals surface area contributed by atoms with Crippen LogP contribution in [0, 0.1) is 0 Å². The number of hydrogen-bond acceptors (Lipinski definition) is 7. The minimum absolute atomic E-state index is 0.0127. The highest BCUT2D eigenvalue weighted by Gasteiger charge is 2.32. The van der Waals surface area contributed by atoms with Gasteiger partial charge in [0.1, 0.15) is 18.1 Å². The molecule has 10 nitrogen and oxygen atoms in total. The van der Waals surface area contributed by atoms with Crippen molar-refractivity contribution in [3.8, 4) is 0 Å². The fourth-order valence-corrected chi connectivity index (χ4v) is 4.40. The summed E-state index contributed by atoms with van der Waals surface area (Å²) in [5.41, 5.74) is 2.26. The topological polar surface area (TPSA) is 116 Å². The summed E-state index contributed by atoms with van der Waals surface area (Å²) in [6.45, 7) is 2.96. The zero-order chi connectivity index (χ0) is 25.5. The third kappa shape index (κ3) is 5.71. The van der Waals surface area contributed by atoms with Gasteiger partial charge in [0.05, 0.1) is 24.3 Å². The number of benzene rings is 2. The quantitative estimate of drug-likeness (QED) is 0.432. The first kappa shape index (κ1) is 25.3. The van der Waals surface area contributed by atoms with E-state index >= 15 is 0 Å². The first-order chi connectivity index (χ1) is 17.5. The van der Waals surface area contributed by atoms with Gasteiger partial charge in [0, 0.05) is 18.8 Å². The molecule has 0 saturated carbocycles. The summed E-state index contributed by atoms with van der Waals surface area (Å²) in [5, 5.41) is 11.2. The van der Waals surface area contributed by atoms with Crippen molar-refractivity contribution < 1.29 is 23.9 Å². The lowest BCUT2D eigenvalue weighted by Gasteiger charge is -2.31. The molecule has 0 spiro atoms. The average Bonchev–Trinajstić information content (AvgIpc) is 3.57. The Kier molecular flexibility index (Phi) is 8.27. The lowest BCUT2D eigenvalue weighted by molar-refractivity contribution is -0.127. The second-order valence-electron chi connectivity index (χ2n) is 8.72. The SMILES string of the molecule is CCCC(C(=O)NCC1CCCO1)N(C(=O)Cn1nnc2ccccc21)c1ccc(C(=O)OC)cc1. The van der Waals surface area contributed by atoms with Crippen LogP contribution in [0.25, 0.3) is 11.0 Å². The van der Waals surface area contributed by atoms with Crippen LogP contribution in [0.3, 0.4) is 0 Å². The van der Waals surface area contributed by atoms with Gasteiger partial charge in [-0.2, -0.15) is 0 Å². The number of methoxy groups -OCH3 is 1. The van der Waals surface area contributed by atoms with Crippen molar-refractivity contribution in [3.05, 3.63) is 54.1 Å². The summed E-state index contributed by atoms with van der Waals surface area (Å²) in [5.74, 6) is -1.05. The third-order valence-corrected chi connectivity index (χ3v) is 6.24. The van der Waals surface area contributed by atoms with E-state index in [1.165, 1.54) is 16.7 Å². The van der Waals surface area contributed by atoms with Crippen molar-refractivity contribution in [1.29, 1.82) is 0 Å². The molecule has 2 amide bonds. The number of para-hydroxylation sites is 1. The van der Waals surface area contributed by atoms with Crippen LogP contribution in [0.1, 0.15) is 43.0 Å². The maximum atomic E-state index is 13.8. The summed E-state index contributed by atoms with van der Waals surface area (Å²) >= 11 is 0. The summed E-state index contributed by atoms with van der Waals surface area (Å²) < 4.78 is 11.9. The summed E-state index contributed by atoms with van der Waals surface area (Å²) in [7, 11) is 1.31. The van der Waals surface area contributed by atoms with E-state index in [1.54, 1.807) is 24.3 Å². The van der Waals surface area contributed by atoms with Crippen LogP contribution < -0.4 is 10.2 Å². The van der Waals surface area contributed by atoms with Crippen LogP contribution in [0.15, 0.2) is 48.5 Å². The number of carbonyl (C=O) groups is 3. The lowest BCUT2D eigenvalue weighted by Crippen LogP contribution is -2.52. The highest BCUT2D eigenvalue weighted by Crippen LogP contribution is 2.23. The number of hydrogen-bond donors (Lipinski definition) is 1. The van der Waals surface area contributed by atoms with E-state index in [1.807, 2.05) is 31.2 Å². The van der Waals surface area contributed by atoms with E-state index in [0.717, 1.165) is 18.4 Å². The molecule has 0 aliphatic carbocycles. The first-order valence-electron chi connectivity index (χ1n) is 12.2. The molecule has 1 aromatic heterocycles. The predicted molar refractivity (Wildman–Crippen MR) is 133 cm³/mol. The molecule has 0 bridgehead atoms. The average molecular weight is 494 g/mol. The van der Waals surface area contributed by atoms with E-state index in [4.69, 9.17) is 9.47 Å². The fraction of sp³-hybridized carbons (Fsp3) is 0.423. The number of nitrogens with zero attached hydrogens (tertiary/aromatic N) is 4. The summed E-state index contributed by atoms with van der Waals surface area (Å²) in [6, 6.07) is 13.1. The standard InChI is InChI=1S/C26H31N5O5/c1-3-7-23(25(33)27-16-20-8-6-15-36-20)31(19-13-11-18(12-14-19)26(34)35-2)24(32)17-30-22-10-5-4-9-21(22)28-29-30/h4-5,9-14,20,23H,3,6-8,15-17H2,1-2H3,(H,27,33). The van der Waals surface area contributed by atoms with E-state index in [2.05, 4.69) is 15.6 Å². The third-order valence-electron chi connectivity index (χ3n) is 6.24. The molecule has 10 heteroatoms. The number of carbonyl (C=O) groups excluding carboxylic acids is 3. The molecule has 1 saturated heterocycles. The first-order valence-corrected chi connectivity index (χ1v) is 12.2. The highest BCUT2D eigenvalue weighted by atomic mass is 16.5. The van der Waals surface area contributed by atoms with Crippen molar-refractivity contribution in [2.24, 2.45) is 0 Å². The van der Waals surface area contributed by atoms with Crippen molar-refractivity contribution in [1.82, 2.24) is 20.3 Å². The van der Waals surface area contributed by atoms with E-state index in [0.29, 0.717) is 42.8 Å². The molecule has 2 unspecified atom stereocenters. The number of nitrogens with one attached hydrogen (secondary N) is 1. The molecule has 1 fully saturated rings. The van der Waals surface area contributed by atoms with Crippen molar-refractivity contribution >= 4 is 34.5 Å². The fourth-order valence-electron chi connectivity index (χ4n) is 4.40. The molecule has 190 valence electrons. The van der Waals surface area contributed by atoms with Gasteiger partial charge in [0.15, 0.2) is 0 Å². The number of rotatable bonds is 10. The number of amides is 2. The Hall–Kier alpha value is -3.79. The van der Waals surface area contributed by atoms with Gasteiger partial charge in [-0.3, -0.25) is 14.5 Å². The Bertz CT molecular complexity index is 1200. The number of anilines is 1. The van der Waals surface area contributed by atoms with Crippen molar-refractivity contribution in [3.63, 3.8) is 0 Å². The van der Waals surface area contributed by atoms with Gasteiger partial charge in [0.2, 0.25) is 11.8 Å². The second-order valence-corrected chi connectivity index (χ2v) is 8.72. The zero-order valence-electron chi connectivity index (χ0n) is 20.6.